The summed E-state index contributed by atoms with van der Waals surface area (Å²) in [6.07, 6.45) is 0.477. The lowest BCUT2D eigenvalue weighted by Crippen LogP contribution is -2.49. The minimum atomic E-state index is -0.470. The fourth-order valence-electron chi connectivity index (χ4n) is 2.93. The Morgan fingerprint density at radius 3 is 2.63 bits per heavy atom. The third-order valence-corrected chi connectivity index (χ3v) is 4.10. The highest BCUT2D eigenvalue weighted by Crippen LogP contribution is 2.23. The van der Waals surface area contributed by atoms with E-state index in [2.05, 4.69) is 5.32 Å². The second-order valence-electron chi connectivity index (χ2n) is 6.52. The Labute approximate surface area is 157 Å². The minimum absolute atomic E-state index is 0.0142. The molecule has 0 spiro atoms. The molecule has 1 amide bonds. The molecular weight excluding hydrogens is 354 g/mol. The van der Waals surface area contributed by atoms with E-state index in [9.17, 15) is 19.7 Å². The highest BCUT2D eigenvalue weighted by atomic mass is 16.6. The number of amides is 1. The van der Waals surface area contributed by atoms with Crippen molar-refractivity contribution >= 4 is 23.3 Å². The Balaban J connectivity index is 1.67. The van der Waals surface area contributed by atoms with Crippen molar-refractivity contribution in [3.63, 3.8) is 0 Å². The van der Waals surface area contributed by atoms with Crippen molar-refractivity contribution in [1.82, 2.24) is 4.90 Å². The summed E-state index contributed by atoms with van der Waals surface area (Å²) in [6.45, 7) is 4.86. The summed E-state index contributed by atoms with van der Waals surface area (Å²) in [6, 6.07) is 6.31. The van der Waals surface area contributed by atoms with Crippen LogP contribution in [0.1, 0.15) is 26.7 Å². The molecule has 1 aliphatic heterocycles. The largest absolute Gasteiger partial charge is 0.456 e. The Kier molecular flexibility index (Phi) is 7.54. The zero-order valence-electron chi connectivity index (χ0n) is 15.6. The van der Waals surface area contributed by atoms with Crippen LogP contribution in [0, 0.1) is 10.1 Å². The van der Waals surface area contributed by atoms with E-state index < -0.39 is 10.9 Å². The Hall–Kier alpha value is -2.68. The van der Waals surface area contributed by atoms with Gasteiger partial charge in [-0.25, -0.2) is 0 Å². The molecule has 1 aromatic carbocycles. The number of nitro benzene ring substituents is 1. The lowest BCUT2D eigenvalue weighted by atomic mass is 10.2. The van der Waals surface area contributed by atoms with Gasteiger partial charge >= 0.3 is 5.97 Å². The summed E-state index contributed by atoms with van der Waals surface area (Å²) in [7, 11) is 0. The highest BCUT2D eigenvalue weighted by Gasteiger charge is 2.26. The van der Waals surface area contributed by atoms with Gasteiger partial charge in [0.1, 0.15) is 5.69 Å². The standard InChI is InChI=1S/C18H25N3O6/c1-13-10-20(11-14(2)27-13)17(22)12-26-18(23)8-5-9-19-15-6-3-4-7-16(15)21(24)25/h3-4,6-7,13-14,19H,5,8-12H2,1-2H3/t13-,14+. The van der Waals surface area contributed by atoms with E-state index in [1.54, 1.807) is 23.1 Å². The minimum Gasteiger partial charge on any atom is -0.456 e. The molecule has 1 N–H and O–H groups in total. The average Bonchev–Trinajstić information content (AvgIpc) is 2.62. The van der Waals surface area contributed by atoms with Crippen LogP contribution in [0.3, 0.4) is 0 Å². The first-order valence-electron chi connectivity index (χ1n) is 8.93. The number of carbonyl (C=O) groups excluding carboxylic acids is 2. The summed E-state index contributed by atoms with van der Waals surface area (Å²) in [5, 5.41) is 13.9. The number of esters is 1. The van der Waals surface area contributed by atoms with Crippen molar-refractivity contribution in [3.05, 3.63) is 34.4 Å². The Morgan fingerprint density at radius 2 is 1.96 bits per heavy atom. The van der Waals surface area contributed by atoms with Gasteiger partial charge in [0.2, 0.25) is 0 Å². The van der Waals surface area contributed by atoms with Crippen molar-refractivity contribution < 1.29 is 24.0 Å². The molecule has 1 saturated heterocycles. The molecule has 1 aromatic rings. The summed E-state index contributed by atoms with van der Waals surface area (Å²) in [5.41, 5.74) is 0.390. The first-order chi connectivity index (χ1) is 12.9. The van der Waals surface area contributed by atoms with Crippen molar-refractivity contribution in [2.24, 2.45) is 0 Å². The molecule has 0 radical (unpaired) electrons. The molecule has 2 atom stereocenters. The summed E-state index contributed by atoms with van der Waals surface area (Å²) >= 11 is 0. The number of nitrogens with one attached hydrogen (secondary N) is 1. The summed E-state index contributed by atoms with van der Waals surface area (Å²) in [5.74, 6) is -0.703. The van der Waals surface area contributed by atoms with Gasteiger partial charge < -0.3 is 19.7 Å². The zero-order chi connectivity index (χ0) is 19.8. The van der Waals surface area contributed by atoms with E-state index in [0.717, 1.165) is 0 Å². The van der Waals surface area contributed by atoms with Crippen molar-refractivity contribution in [2.75, 3.05) is 31.6 Å². The number of nitro groups is 1. The number of ether oxygens (including phenoxy) is 2. The van der Waals surface area contributed by atoms with Gasteiger partial charge in [-0.3, -0.25) is 19.7 Å². The molecule has 27 heavy (non-hydrogen) atoms. The lowest BCUT2D eigenvalue weighted by molar-refractivity contribution is -0.384. The second-order valence-corrected chi connectivity index (χ2v) is 6.52. The van der Waals surface area contributed by atoms with Crippen LogP contribution < -0.4 is 5.32 Å². The van der Waals surface area contributed by atoms with Crippen LogP contribution in [0.4, 0.5) is 11.4 Å². The van der Waals surface area contributed by atoms with E-state index in [-0.39, 0.29) is 36.8 Å². The first kappa shape index (κ1) is 20.6. The molecule has 2 rings (SSSR count). The smallest absolute Gasteiger partial charge is 0.306 e. The molecule has 9 nitrogen and oxygen atoms in total. The predicted molar refractivity (Wildman–Crippen MR) is 98.4 cm³/mol. The molecule has 148 valence electrons. The number of carbonyl (C=O) groups is 2. The molecule has 0 aromatic heterocycles. The maximum atomic E-state index is 12.1. The van der Waals surface area contributed by atoms with Crippen LogP contribution in [-0.2, 0) is 19.1 Å². The van der Waals surface area contributed by atoms with Gasteiger partial charge in [0.25, 0.3) is 11.6 Å². The van der Waals surface area contributed by atoms with Gasteiger partial charge in [0.15, 0.2) is 6.61 Å². The number of hydrogen-bond donors (Lipinski definition) is 1. The summed E-state index contributed by atoms with van der Waals surface area (Å²) < 4.78 is 10.6. The Morgan fingerprint density at radius 1 is 1.30 bits per heavy atom. The topological polar surface area (TPSA) is 111 Å². The molecule has 1 aliphatic rings. The Bertz CT molecular complexity index is 671. The average molecular weight is 379 g/mol. The van der Waals surface area contributed by atoms with E-state index in [1.807, 2.05) is 13.8 Å². The monoisotopic (exact) mass is 379 g/mol. The van der Waals surface area contributed by atoms with Gasteiger partial charge in [-0.15, -0.1) is 0 Å². The van der Waals surface area contributed by atoms with Gasteiger partial charge in [-0.2, -0.15) is 0 Å². The lowest BCUT2D eigenvalue weighted by Gasteiger charge is -2.35. The fraction of sp³-hybridized carbons (Fsp3) is 0.556. The molecular formula is C18H25N3O6. The number of anilines is 1. The van der Waals surface area contributed by atoms with Crippen LogP contribution in [0.5, 0.6) is 0 Å². The van der Waals surface area contributed by atoms with E-state index in [1.165, 1.54) is 6.07 Å². The molecule has 0 aliphatic carbocycles. The molecule has 1 heterocycles. The zero-order valence-corrected chi connectivity index (χ0v) is 15.6. The van der Waals surface area contributed by atoms with Gasteiger partial charge in [0.05, 0.1) is 17.1 Å². The molecule has 0 saturated carbocycles. The normalized spacial score (nSPS) is 19.4. The number of morpholine rings is 1. The third-order valence-electron chi connectivity index (χ3n) is 4.10. The molecule has 0 unspecified atom stereocenters. The van der Waals surface area contributed by atoms with Gasteiger partial charge in [-0.1, -0.05) is 12.1 Å². The fourth-order valence-corrected chi connectivity index (χ4v) is 2.93. The van der Waals surface area contributed by atoms with E-state index >= 15 is 0 Å². The maximum absolute atomic E-state index is 12.1. The second kappa shape index (κ2) is 9.86. The van der Waals surface area contributed by atoms with Crippen LogP contribution in [-0.4, -0.2) is 60.1 Å². The number of rotatable bonds is 8. The predicted octanol–water partition coefficient (Wildman–Crippen LogP) is 1.97. The van der Waals surface area contributed by atoms with Crippen molar-refractivity contribution in [1.29, 1.82) is 0 Å². The van der Waals surface area contributed by atoms with Gasteiger partial charge in [-0.05, 0) is 26.3 Å². The van der Waals surface area contributed by atoms with E-state index in [0.29, 0.717) is 31.7 Å². The third kappa shape index (κ3) is 6.52. The van der Waals surface area contributed by atoms with Crippen LogP contribution in [0.15, 0.2) is 24.3 Å². The van der Waals surface area contributed by atoms with Crippen molar-refractivity contribution in [2.45, 2.75) is 38.9 Å². The van der Waals surface area contributed by atoms with Crippen LogP contribution >= 0.6 is 0 Å². The van der Waals surface area contributed by atoms with Crippen LogP contribution in [0.2, 0.25) is 0 Å². The molecule has 9 heteroatoms. The number of para-hydroxylation sites is 2. The number of nitrogens with zero attached hydrogens (tertiary/aromatic N) is 2. The first-order valence-corrected chi connectivity index (χ1v) is 8.93. The van der Waals surface area contributed by atoms with Crippen molar-refractivity contribution in [3.8, 4) is 0 Å². The number of hydrogen-bond acceptors (Lipinski definition) is 7. The molecule has 0 bridgehead atoms. The quantitative estimate of drug-likeness (QED) is 0.318. The molecule has 1 fully saturated rings. The van der Waals surface area contributed by atoms with Crippen LogP contribution in [0.25, 0.3) is 0 Å². The summed E-state index contributed by atoms with van der Waals surface area (Å²) in [4.78, 5) is 36.0. The van der Waals surface area contributed by atoms with E-state index in [4.69, 9.17) is 9.47 Å². The number of benzene rings is 1. The maximum Gasteiger partial charge on any atom is 0.306 e. The highest BCUT2D eigenvalue weighted by molar-refractivity contribution is 5.80. The SMILES string of the molecule is C[C@@H]1CN(C(=O)COC(=O)CCCNc2ccccc2[N+](=O)[O-])C[C@H](C)O1. The van der Waals surface area contributed by atoms with Gasteiger partial charge in [0, 0.05) is 32.1 Å².